The van der Waals surface area contributed by atoms with Crippen molar-refractivity contribution >= 4 is 30.0 Å². The molecule has 4 heteroatoms. The lowest BCUT2D eigenvalue weighted by atomic mass is 10.3. The normalized spacial score (nSPS) is 15.2. The molecule has 0 bridgehead atoms. The lowest BCUT2D eigenvalue weighted by molar-refractivity contribution is 0.170. The number of allylic oxidation sites excluding steroid dienone is 1. The van der Waals surface area contributed by atoms with Crippen LogP contribution in [0, 0.1) is 0 Å². The number of rotatable bonds is 1. The summed E-state index contributed by atoms with van der Waals surface area (Å²) in [6, 6.07) is 0. The predicted molar refractivity (Wildman–Crippen MR) is 57.3 cm³/mol. The first kappa shape index (κ1) is 8.97. The predicted octanol–water partition coefficient (Wildman–Crippen LogP) is 2.84. The van der Waals surface area contributed by atoms with E-state index in [9.17, 15) is 0 Å². The number of thiophene rings is 1. The van der Waals surface area contributed by atoms with Crippen molar-refractivity contribution < 1.29 is 9.47 Å². The summed E-state index contributed by atoms with van der Waals surface area (Å²) in [4.78, 5) is 1.09. The number of fused-ring (bicyclic) bond motifs is 1. The molecular formula is C9H10O2S2. The minimum absolute atomic E-state index is 0.618. The average Bonchev–Trinajstić information content (AvgIpc) is 2.46. The summed E-state index contributed by atoms with van der Waals surface area (Å²) in [5, 5.41) is 0. The molecule has 0 amide bonds. The minimum atomic E-state index is 0.618. The Morgan fingerprint density at radius 1 is 1.31 bits per heavy atom. The number of hydrogen-bond acceptors (Lipinski definition) is 4. The lowest BCUT2D eigenvalue weighted by Gasteiger charge is -2.15. The van der Waals surface area contributed by atoms with Gasteiger partial charge in [0.05, 0.1) is 4.88 Å². The molecule has 2 nitrogen and oxygen atoms in total. The van der Waals surface area contributed by atoms with E-state index in [4.69, 9.17) is 9.47 Å². The van der Waals surface area contributed by atoms with Crippen LogP contribution in [0.25, 0.3) is 6.08 Å². The standard InChI is InChI=1S/C9H10O2S2/c1-2-3-6-7-8(9(12)13-6)11-5-4-10-7/h2-3,12H,4-5H2,1H3/b3-2+. The summed E-state index contributed by atoms with van der Waals surface area (Å²) in [6.45, 7) is 3.22. The second-order valence-corrected chi connectivity index (χ2v) is 4.43. The van der Waals surface area contributed by atoms with Gasteiger partial charge < -0.3 is 9.47 Å². The highest BCUT2D eigenvalue weighted by molar-refractivity contribution is 7.83. The van der Waals surface area contributed by atoms with Crippen molar-refractivity contribution in [3.05, 3.63) is 11.0 Å². The van der Waals surface area contributed by atoms with E-state index in [1.165, 1.54) is 0 Å². The van der Waals surface area contributed by atoms with E-state index < -0.39 is 0 Å². The van der Waals surface area contributed by atoms with Crippen molar-refractivity contribution in [2.45, 2.75) is 11.1 Å². The summed E-state index contributed by atoms with van der Waals surface area (Å²) >= 11 is 5.91. The van der Waals surface area contributed by atoms with Crippen LogP contribution < -0.4 is 9.47 Å². The minimum Gasteiger partial charge on any atom is -0.485 e. The molecule has 0 fully saturated rings. The summed E-state index contributed by atoms with van der Waals surface area (Å²) in [7, 11) is 0. The highest BCUT2D eigenvalue weighted by atomic mass is 32.2. The third-order valence-corrected chi connectivity index (χ3v) is 3.12. The largest absolute Gasteiger partial charge is 0.485 e. The van der Waals surface area contributed by atoms with Crippen molar-refractivity contribution in [2.75, 3.05) is 13.2 Å². The fourth-order valence-electron chi connectivity index (χ4n) is 1.22. The first-order valence-electron chi connectivity index (χ1n) is 4.07. The zero-order valence-corrected chi connectivity index (χ0v) is 8.95. The summed E-state index contributed by atoms with van der Waals surface area (Å²) in [5.41, 5.74) is 0. The third-order valence-electron chi connectivity index (χ3n) is 1.73. The smallest absolute Gasteiger partial charge is 0.186 e. The topological polar surface area (TPSA) is 18.5 Å². The van der Waals surface area contributed by atoms with Crippen LogP contribution >= 0.6 is 24.0 Å². The van der Waals surface area contributed by atoms with Crippen LogP contribution in [0.3, 0.4) is 0 Å². The first-order valence-corrected chi connectivity index (χ1v) is 5.33. The molecule has 0 N–H and O–H groups in total. The van der Waals surface area contributed by atoms with Crippen molar-refractivity contribution in [3.8, 4) is 11.5 Å². The monoisotopic (exact) mass is 214 g/mol. The zero-order valence-electron chi connectivity index (χ0n) is 7.24. The van der Waals surface area contributed by atoms with E-state index in [0.717, 1.165) is 20.6 Å². The van der Waals surface area contributed by atoms with Gasteiger partial charge in [-0.2, -0.15) is 0 Å². The van der Waals surface area contributed by atoms with E-state index in [-0.39, 0.29) is 0 Å². The molecule has 0 saturated heterocycles. The van der Waals surface area contributed by atoms with Crippen LogP contribution in [-0.2, 0) is 0 Å². The number of thiol groups is 1. The van der Waals surface area contributed by atoms with Gasteiger partial charge in [0.25, 0.3) is 0 Å². The molecule has 1 aliphatic rings. The van der Waals surface area contributed by atoms with Crippen LogP contribution in [0.5, 0.6) is 11.5 Å². The molecule has 0 unspecified atom stereocenters. The summed E-state index contributed by atoms with van der Waals surface area (Å²) in [6.07, 6.45) is 4.00. The van der Waals surface area contributed by atoms with Crippen LogP contribution in [0.15, 0.2) is 10.3 Å². The van der Waals surface area contributed by atoms with Gasteiger partial charge in [-0.05, 0) is 13.0 Å². The van der Waals surface area contributed by atoms with E-state index in [1.807, 2.05) is 19.1 Å². The Bertz CT molecular complexity index is 342. The second kappa shape index (κ2) is 3.64. The Labute approximate surface area is 86.6 Å². The highest BCUT2D eigenvalue weighted by Crippen LogP contribution is 2.46. The molecule has 1 aromatic heterocycles. The van der Waals surface area contributed by atoms with Crippen LogP contribution in [0.4, 0.5) is 0 Å². The molecular weight excluding hydrogens is 204 g/mol. The van der Waals surface area contributed by atoms with Gasteiger partial charge in [-0.25, -0.2) is 0 Å². The molecule has 0 spiro atoms. The lowest BCUT2D eigenvalue weighted by Crippen LogP contribution is -2.14. The molecule has 0 atom stereocenters. The molecule has 1 aromatic rings. The Hall–Kier alpha value is -0.610. The Morgan fingerprint density at radius 2 is 2.00 bits per heavy atom. The molecule has 0 radical (unpaired) electrons. The Balaban J connectivity index is 2.47. The van der Waals surface area contributed by atoms with Gasteiger partial charge in [-0.15, -0.1) is 24.0 Å². The molecule has 1 aliphatic heterocycles. The van der Waals surface area contributed by atoms with Gasteiger partial charge in [0.15, 0.2) is 11.5 Å². The van der Waals surface area contributed by atoms with Crippen LogP contribution in [0.2, 0.25) is 0 Å². The maximum Gasteiger partial charge on any atom is 0.186 e. The van der Waals surface area contributed by atoms with Crippen molar-refractivity contribution in [1.29, 1.82) is 0 Å². The SMILES string of the molecule is C/C=C/c1sc(S)c2c1OCCO2. The van der Waals surface area contributed by atoms with Crippen molar-refractivity contribution in [1.82, 2.24) is 0 Å². The van der Waals surface area contributed by atoms with Gasteiger partial charge in [0.2, 0.25) is 0 Å². The average molecular weight is 214 g/mol. The van der Waals surface area contributed by atoms with Gasteiger partial charge >= 0.3 is 0 Å². The Morgan fingerprint density at radius 3 is 2.69 bits per heavy atom. The van der Waals surface area contributed by atoms with E-state index >= 15 is 0 Å². The van der Waals surface area contributed by atoms with Gasteiger partial charge in [0, 0.05) is 0 Å². The van der Waals surface area contributed by atoms with E-state index in [2.05, 4.69) is 12.6 Å². The fraction of sp³-hybridized carbons (Fsp3) is 0.333. The van der Waals surface area contributed by atoms with Gasteiger partial charge in [-0.3, -0.25) is 0 Å². The molecule has 13 heavy (non-hydrogen) atoms. The first-order chi connectivity index (χ1) is 6.33. The molecule has 2 heterocycles. The third kappa shape index (κ3) is 1.56. The zero-order chi connectivity index (χ0) is 9.26. The van der Waals surface area contributed by atoms with E-state index in [1.54, 1.807) is 11.3 Å². The fourth-order valence-corrected chi connectivity index (χ4v) is 2.58. The van der Waals surface area contributed by atoms with Crippen LogP contribution in [0.1, 0.15) is 11.8 Å². The second-order valence-electron chi connectivity index (χ2n) is 2.63. The maximum absolute atomic E-state index is 5.51. The van der Waals surface area contributed by atoms with E-state index in [0.29, 0.717) is 13.2 Å². The molecule has 0 saturated carbocycles. The number of ether oxygens (including phenoxy) is 2. The number of hydrogen-bond donors (Lipinski definition) is 1. The van der Waals surface area contributed by atoms with Gasteiger partial charge in [-0.1, -0.05) is 6.08 Å². The molecule has 70 valence electrons. The summed E-state index contributed by atoms with van der Waals surface area (Å²) < 4.78 is 11.9. The Kier molecular flexibility index (Phi) is 2.51. The molecule has 2 rings (SSSR count). The van der Waals surface area contributed by atoms with Gasteiger partial charge in [0.1, 0.15) is 17.4 Å². The molecule has 0 aliphatic carbocycles. The van der Waals surface area contributed by atoms with Crippen molar-refractivity contribution in [2.24, 2.45) is 0 Å². The molecule has 0 aromatic carbocycles. The van der Waals surface area contributed by atoms with Crippen molar-refractivity contribution in [3.63, 3.8) is 0 Å². The maximum atomic E-state index is 5.51. The quantitative estimate of drug-likeness (QED) is 0.725. The summed E-state index contributed by atoms with van der Waals surface area (Å²) in [5.74, 6) is 1.65. The highest BCUT2D eigenvalue weighted by Gasteiger charge is 2.20. The van der Waals surface area contributed by atoms with Crippen LogP contribution in [-0.4, -0.2) is 13.2 Å².